The van der Waals surface area contributed by atoms with Crippen LogP contribution in [0.2, 0.25) is 5.02 Å². The van der Waals surface area contributed by atoms with Gasteiger partial charge in [0.15, 0.2) is 0 Å². The molecule has 23 heavy (non-hydrogen) atoms. The molecule has 0 aliphatic carbocycles. The number of thioether (sulfide) groups is 1. The number of carbonyl (C=O) groups excluding carboxylic acids is 1. The van der Waals surface area contributed by atoms with E-state index in [2.05, 4.69) is 0 Å². The van der Waals surface area contributed by atoms with Gasteiger partial charge in [0.2, 0.25) is 0 Å². The average Bonchev–Trinajstić information content (AvgIpc) is 2.52. The molecule has 3 rings (SSSR count). The van der Waals surface area contributed by atoms with Gasteiger partial charge in [0.1, 0.15) is 0 Å². The summed E-state index contributed by atoms with van der Waals surface area (Å²) in [4.78, 5) is 26.5. The molecule has 0 atom stereocenters. The van der Waals surface area contributed by atoms with E-state index in [0.717, 1.165) is 10.5 Å². The first-order chi connectivity index (χ1) is 11.0. The van der Waals surface area contributed by atoms with E-state index in [-0.39, 0.29) is 11.5 Å². The largest absolute Gasteiger partial charge is 0.478 e. The first-order valence-corrected chi connectivity index (χ1v) is 7.95. The van der Waals surface area contributed by atoms with Crippen LogP contribution in [0.4, 0.5) is 5.69 Å². The zero-order chi connectivity index (χ0) is 16.6. The maximum atomic E-state index is 12.5. The Bertz CT molecular complexity index is 847. The number of carbonyl (C=O) groups is 2. The quantitative estimate of drug-likeness (QED) is 0.831. The summed E-state index contributed by atoms with van der Waals surface area (Å²) in [6.07, 6.45) is 1.78. The second-order valence-electron chi connectivity index (χ2n) is 5.02. The van der Waals surface area contributed by atoms with E-state index in [1.165, 1.54) is 28.8 Å². The van der Waals surface area contributed by atoms with Crippen molar-refractivity contribution in [1.29, 1.82) is 0 Å². The maximum absolute atomic E-state index is 12.5. The van der Waals surface area contributed by atoms with Gasteiger partial charge in [0.25, 0.3) is 5.91 Å². The lowest BCUT2D eigenvalue weighted by atomic mass is 10.1. The van der Waals surface area contributed by atoms with Crippen molar-refractivity contribution < 1.29 is 14.7 Å². The summed E-state index contributed by atoms with van der Waals surface area (Å²) in [5, 5.41) is 9.68. The Balaban J connectivity index is 2.01. The molecule has 0 aromatic heterocycles. The van der Waals surface area contributed by atoms with Gasteiger partial charge in [-0.1, -0.05) is 35.5 Å². The van der Waals surface area contributed by atoms with Crippen LogP contribution in [0.1, 0.15) is 15.9 Å². The zero-order valence-corrected chi connectivity index (χ0v) is 13.7. The minimum Gasteiger partial charge on any atom is -0.478 e. The predicted molar refractivity (Wildman–Crippen MR) is 92.1 cm³/mol. The first-order valence-electron chi connectivity index (χ1n) is 6.76. The summed E-state index contributed by atoms with van der Waals surface area (Å²) < 4.78 is 0. The lowest BCUT2D eigenvalue weighted by molar-refractivity contribution is -0.114. The number of hydrogen-bond acceptors (Lipinski definition) is 3. The lowest BCUT2D eigenvalue weighted by Crippen LogP contribution is -2.30. The molecule has 1 N–H and O–H groups in total. The minimum absolute atomic E-state index is 0.159. The normalized spacial score (nSPS) is 15.7. The molecule has 0 saturated heterocycles. The molecule has 1 aliphatic heterocycles. The number of likely N-dealkylation sites (N-methyl/N-ethyl adjacent to an activating group) is 1. The van der Waals surface area contributed by atoms with Gasteiger partial charge in [0, 0.05) is 17.0 Å². The van der Waals surface area contributed by atoms with E-state index in [4.69, 9.17) is 16.7 Å². The van der Waals surface area contributed by atoms with Crippen LogP contribution in [0.25, 0.3) is 6.08 Å². The molecule has 1 amide bonds. The van der Waals surface area contributed by atoms with Crippen LogP contribution in [0.15, 0.2) is 52.3 Å². The number of rotatable bonds is 2. The Morgan fingerprint density at radius 2 is 2.04 bits per heavy atom. The highest BCUT2D eigenvalue weighted by Crippen LogP contribution is 2.42. The number of anilines is 1. The standard InChI is InChI=1S/C17H12ClNO3S/c1-19-13-9-11(17(21)22)5-6-14(13)23-15(16(19)20)8-10-3-2-4-12(18)7-10/h2-9H,1H3,(H,21,22). The molecule has 2 aromatic rings. The van der Waals surface area contributed by atoms with E-state index >= 15 is 0 Å². The number of aromatic carboxylic acids is 1. The van der Waals surface area contributed by atoms with E-state index in [0.29, 0.717) is 15.6 Å². The van der Waals surface area contributed by atoms with Crippen LogP contribution in [-0.4, -0.2) is 24.0 Å². The van der Waals surface area contributed by atoms with Crippen LogP contribution in [0.3, 0.4) is 0 Å². The van der Waals surface area contributed by atoms with Gasteiger partial charge in [-0.3, -0.25) is 4.79 Å². The second kappa shape index (κ2) is 6.10. The zero-order valence-electron chi connectivity index (χ0n) is 12.1. The van der Waals surface area contributed by atoms with E-state index in [1.54, 1.807) is 31.3 Å². The minimum atomic E-state index is -1.01. The van der Waals surface area contributed by atoms with Crippen molar-refractivity contribution in [2.75, 3.05) is 11.9 Å². The molecule has 0 spiro atoms. The smallest absolute Gasteiger partial charge is 0.335 e. The summed E-state index contributed by atoms with van der Waals surface area (Å²) >= 11 is 7.29. The van der Waals surface area contributed by atoms with Gasteiger partial charge in [-0.15, -0.1) is 0 Å². The number of halogens is 1. The number of amides is 1. The second-order valence-corrected chi connectivity index (χ2v) is 6.54. The predicted octanol–water partition coefficient (Wildman–Crippen LogP) is 4.15. The molecule has 0 radical (unpaired) electrons. The van der Waals surface area contributed by atoms with E-state index < -0.39 is 5.97 Å². The molecule has 1 heterocycles. The van der Waals surface area contributed by atoms with Crippen molar-refractivity contribution in [1.82, 2.24) is 0 Å². The highest BCUT2D eigenvalue weighted by molar-refractivity contribution is 8.04. The molecule has 0 saturated carbocycles. The van der Waals surface area contributed by atoms with Crippen LogP contribution in [0.5, 0.6) is 0 Å². The Labute approximate surface area is 142 Å². The summed E-state index contributed by atoms with van der Waals surface area (Å²) in [5.41, 5.74) is 1.60. The monoisotopic (exact) mass is 345 g/mol. The number of hydrogen-bond donors (Lipinski definition) is 1. The third-order valence-electron chi connectivity index (χ3n) is 3.45. The van der Waals surface area contributed by atoms with Crippen LogP contribution >= 0.6 is 23.4 Å². The molecular weight excluding hydrogens is 334 g/mol. The number of fused-ring (bicyclic) bond motifs is 1. The number of carboxylic acids is 1. The third-order valence-corrected chi connectivity index (χ3v) is 4.76. The van der Waals surface area contributed by atoms with Crippen molar-refractivity contribution in [2.24, 2.45) is 0 Å². The molecule has 0 fully saturated rings. The molecule has 116 valence electrons. The first kappa shape index (κ1) is 15.6. The van der Waals surface area contributed by atoms with Gasteiger partial charge >= 0.3 is 5.97 Å². The molecule has 0 unspecified atom stereocenters. The Hall–Kier alpha value is -2.24. The van der Waals surface area contributed by atoms with Gasteiger partial charge in [-0.25, -0.2) is 4.79 Å². The van der Waals surface area contributed by atoms with Crippen LogP contribution in [-0.2, 0) is 4.79 Å². The summed E-state index contributed by atoms with van der Waals surface area (Å²) in [5.74, 6) is -1.19. The fourth-order valence-electron chi connectivity index (χ4n) is 2.27. The summed E-state index contributed by atoms with van der Waals surface area (Å²) in [7, 11) is 1.64. The topological polar surface area (TPSA) is 57.6 Å². The maximum Gasteiger partial charge on any atom is 0.335 e. The van der Waals surface area contributed by atoms with Crippen molar-refractivity contribution in [3.63, 3.8) is 0 Å². The fourth-order valence-corrected chi connectivity index (χ4v) is 3.57. The van der Waals surface area contributed by atoms with Crippen molar-refractivity contribution in [2.45, 2.75) is 4.90 Å². The number of nitrogens with zero attached hydrogens (tertiary/aromatic N) is 1. The average molecular weight is 346 g/mol. The Morgan fingerprint density at radius 3 is 2.74 bits per heavy atom. The number of carboxylic acid groups (broad SMARTS) is 1. The van der Waals surface area contributed by atoms with Crippen LogP contribution < -0.4 is 4.90 Å². The lowest BCUT2D eigenvalue weighted by Gasteiger charge is -2.27. The summed E-state index contributed by atoms with van der Waals surface area (Å²) in [6.45, 7) is 0. The molecule has 6 heteroatoms. The molecule has 0 bridgehead atoms. The van der Waals surface area contributed by atoms with E-state index in [1.807, 2.05) is 12.1 Å². The van der Waals surface area contributed by atoms with Gasteiger partial charge in [-0.2, -0.15) is 0 Å². The van der Waals surface area contributed by atoms with Crippen molar-refractivity contribution in [3.8, 4) is 0 Å². The Morgan fingerprint density at radius 1 is 1.26 bits per heavy atom. The SMILES string of the molecule is CN1C(=O)C(=Cc2cccc(Cl)c2)Sc2ccc(C(=O)O)cc21. The van der Waals surface area contributed by atoms with Gasteiger partial charge in [0.05, 0.1) is 16.2 Å². The molecule has 2 aromatic carbocycles. The fraction of sp³-hybridized carbons (Fsp3) is 0.0588. The van der Waals surface area contributed by atoms with Gasteiger partial charge < -0.3 is 10.0 Å². The highest BCUT2D eigenvalue weighted by Gasteiger charge is 2.27. The summed E-state index contributed by atoms with van der Waals surface area (Å²) in [6, 6.07) is 12.0. The van der Waals surface area contributed by atoms with Crippen molar-refractivity contribution in [3.05, 3.63) is 63.5 Å². The third kappa shape index (κ3) is 3.11. The highest BCUT2D eigenvalue weighted by atomic mass is 35.5. The van der Waals surface area contributed by atoms with Crippen LogP contribution in [0, 0.1) is 0 Å². The molecule has 1 aliphatic rings. The van der Waals surface area contributed by atoms with Gasteiger partial charge in [-0.05, 0) is 42.0 Å². The molecule has 4 nitrogen and oxygen atoms in total. The van der Waals surface area contributed by atoms with Crippen molar-refractivity contribution >= 4 is 47.0 Å². The number of benzene rings is 2. The Kier molecular flexibility index (Phi) is 4.15. The molecular formula is C17H12ClNO3S. The van der Waals surface area contributed by atoms with E-state index in [9.17, 15) is 9.59 Å².